The molecule has 0 aromatic carbocycles. The molecule has 0 spiro atoms. The second-order valence-corrected chi connectivity index (χ2v) is 9.81. The summed E-state index contributed by atoms with van der Waals surface area (Å²) in [5.74, 6) is 3.02. The van der Waals surface area contributed by atoms with Crippen molar-refractivity contribution in [1.29, 1.82) is 0 Å². The third-order valence-corrected chi connectivity index (χ3v) is 6.63. The van der Waals surface area contributed by atoms with E-state index in [1.165, 1.54) is 64.3 Å². The van der Waals surface area contributed by atoms with E-state index in [4.69, 9.17) is 4.74 Å². The molecule has 2 bridgehead atoms. The van der Waals surface area contributed by atoms with E-state index < -0.39 is 4.93 Å². The molecule has 0 radical (unpaired) electrons. The highest BCUT2D eigenvalue weighted by Crippen LogP contribution is 2.46. The Morgan fingerprint density at radius 2 is 1.77 bits per heavy atom. The van der Waals surface area contributed by atoms with Crippen molar-refractivity contribution in [3.63, 3.8) is 0 Å². The van der Waals surface area contributed by atoms with Crippen LogP contribution in [-0.4, -0.2) is 30.4 Å². The van der Waals surface area contributed by atoms with Crippen LogP contribution in [0, 0.1) is 17.8 Å². The summed E-state index contributed by atoms with van der Waals surface area (Å²) in [6, 6.07) is 0. The molecule has 3 nitrogen and oxygen atoms in total. The van der Waals surface area contributed by atoms with E-state index in [1.807, 2.05) is 0 Å². The summed E-state index contributed by atoms with van der Waals surface area (Å²) in [5, 5.41) is 5.13. The van der Waals surface area contributed by atoms with Gasteiger partial charge in [-0.15, -0.1) is 0 Å². The molecule has 2 saturated carbocycles. The van der Waals surface area contributed by atoms with E-state index in [0.717, 1.165) is 17.8 Å². The van der Waals surface area contributed by atoms with E-state index >= 15 is 0 Å². The average molecular weight is 386 g/mol. The third-order valence-electron chi connectivity index (χ3n) is 5.56. The number of ether oxygens (including phenoxy) is 1. The standard InChI is InChI=1S/C12H23N.C7H12O2S.C3H8/c1-9-4-10-6-11(5-9)8-12(2,7-10)13-3;1-5-10-7(3,9-4)6(2)8;1-3-2/h9-11,13H,4-8H2,1-3H3;5H,1H2,2-4H3;3H2,1-2H3. The van der Waals surface area contributed by atoms with Crippen LogP contribution >= 0.6 is 11.8 Å². The van der Waals surface area contributed by atoms with Crippen LogP contribution < -0.4 is 5.32 Å². The van der Waals surface area contributed by atoms with E-state index in [9.17, 15) is 4.79 Å². The Balaban J connectivity index is 0.000000432. The van der Waals surface area contributed by atoms with E-state index in [0.29, 0.717) is 5.54 Å². The van der Waals surface area contributed by atoms with Crippen molar-refractivity contribution in [2.24, 2.45) is 17.8 Å². The fraction of sp³-hybridized carbons (Fsp3) is 0.864. The third kappa shape index (κ3) is 8.58. The summed E-state index contributed by atoms with van der Waals surface area (Å²) < 4.78 is 4.98. The molecule has 2 aliphatic carbocycles. The predicted octanol–water partition coefficient (Wildman–Crippen LogP) is 6.04. The number of nitrogens with one attached hydrogen (secondary N) is 1. The quantitative estimate of drug-likeness (QED) is 0.585. The summed E-state index contributed by atoms with van der Waals surface area (Å²) >= 11 is 1.28. The van der Waals surface area contributed by atoms with Crippen molar-refractivity contribution in [3.8, 4) is 0 Å². The van der Waals surface area contributed by atoms with Gasteiger partial charge >= 0.3 is 0 Å². The van der Waals surface area contributed by atoms with Gasteiger partial charge in [0.2, 0.25) is 0 Å². The first kappa shape index (κ1) is 25.7. The minimum absolute atomic E-state index is 0.0000926. The van der Waals surface area contributed by atoms with Gasteiger partial charge in [-0.3, -0.25) is 4.79 Å². The van der Waals surface area contributed by atoms with Gasteiger partial charge < -0.3 is 10.1 Å². The smallest absolute Gasteiger partial charge is 0.172 e. The SMILES string of the molecule is C=CSC(C)(OC)C(C)=O.CCC.CNC1(C)CC2CC(C)CC(C2)C1. The normalized spacial score (nSPS) is 32.1. The first-order valence-corrected chi connectivity index (χ1v) is 11.0. The second kappa shape index (κ2) is 12.2. The Morgan fingerprint density at radius 1 is 1.31 bits per heavy atom. The van der Waals surface area contributed by atoms with Crippen LogP contribution in [0.4, 0.5) is 0 Å². The Hall–Kier alpha value is -0.320. The lowest BCUT2D eigenvalue weighted by Gasteiger charge is -2.47. The van der Waals surface area contributed by atoms with Gasteiger partial charge in [-0.05, 0) is 83.1 Å². The van der Waals surface area contributed by atoms with Gasteiger partial charge in [-0.1, -0.05) is 45.5 Å². The molecule has 26 heavy (non-hydrogen) atoms. The molecule has 2 rings (SSSR count). The van der Waals surface area contributed by atoms with Crippen molar-refractivity contribution in [3.05, 3.63) is 12.0 Å². The lowest BCUT2D eigenvalue weighted by atomic mass is 9.63. The lowest BCUT2D eigenvalue weighted by molar-refractivity contribution is -0.128. The second-order valence-electron chi connectivity index (χ2n) is 8.46. The highest BCUT2D eigenvalue weighted by atomic mass is 32.2. The van der Waals surface area contributed by atoms with Crippen LogP contribution in [0.2, 0.25) is 0 Å². The lowest BCUT2D eigenvalue weighted by Crippen LogP contribution is -2.48. The number of ketones is 1. The molecule has 3 atom stereocenters. The molecule has 2 fully saturated rings. The number of methoxy groups -OCH3 is 1. The van der Waals surface area contributed by atoms with Crippen LogP contribution in [0.15, 0.2) is 12.0 Å². The maximum atomic E-state index is 10.9. The molecular formula is C22H43NO2S. The largest absolute Gasteiger partial charge is 0.360 e. The van der Waals surface area contributed by atoms with Crippen molar-refractivity contribution in [1.82, 2.24) is 5.32 Å². The van der Waals surface area contributed by atoms with Crippen molar-refractivity contribution in [2.45, 2.75) is 90.5 Å². The van der Waals surface area contributed by atoms with Crippen LogP contribution in [0.3, 0.4) is 0 Å². The van der Waals surface area contributed by atoms with Crippen LogP contribution in [0.5, 0.6) is 0 Å². The highest BCUT2D eigenvalue weighted by molar-refractivity contribution is 8.03. The molecule has 154 valence electrons. The number of rotatable bonds is 5. The Kier molecular flexibility index (Phi) is 12.0. The van der Waals surface area contributed by atoms with Crippen LogP contribution in [-0.2, 0) is 9.53 Å². The molecule has 0 aromatic heterocycles. The van der Waals surface area contributed by atoms with Crippen LogP contribution in [0.25, 0.3) is 0 Å². The minimum Gasteiger partial charge on any atom is -0.360 e. The molecular weight excluding hydrogens is 342 g/mol. The average Bonchev–Trinajstić information content (AvgIpc) is 2.55. The Labute approximate surface area is 167 Å². The molecule has 3 unspecified atom stereocenters. The molecule has 0 saturated heterocycles. The Morgan fingerprint density at radius 3 is 2.04 bits per heavy atom. The number of hydrogen-bond acceptors (Lipinski definition) is 4. The summed E-state index contributed by atoms with van der Waals surface area (Å²) in [4.78, 5) is 10.1. The van der Waals surface area contributed by atoms with Gasteiger partial charge in [0.15, 0.2) is 10.7 Å². The zero-order chi connectivity index (χ0) is 20.4. The van der Waals surface area contributed by atoms with Gasteiger partial charge in [0, 0.05) is 12.6 Å². The molecule has 0 heterocycles. The molecule has 2 aliphatic rings. The minimum atomic E-state index is -0.748. The van der Waals surface area contributed by atoms with E-state index in [1.54, 1.807) is 12.3 Å². The number of thioether (sulfide) groups is 1. The monoisotopic (exact) mass is 385 g/mol. The highest BCUT2D eigenvalue weighted by Gasteiger charge is 2.39. The van der Waals surface area contributed by atoms with Gasteiger partial charge in [0.25, 0.3) is 0 Å². The topological polar surface area (TPSA) is 38.3 Å². The van der Waals surface area contributed by atoms with Gasteiger partial charge in [-0.2, -0.15) is 0 Å². The number of hydrogen-bond donors (Lipinski definition) is 1. The first-order chi connectivity index (χ1) is 12.1. The molecule has 0 aliphatic heterocycles. The number of fused-ring (bicyclic) bond motifs is 2. The maximum absolute atomic E-state index is 10.9. The summed E-state index contributed by atoms with van der Waals surface area (Å²) in [7, 11) is 3.64. The fourth-order valence-electron chi connectivity index (χ4n) is 4.23. The number of carbonyl (C=O) groups is 1. The van der Waals surface area contributed by atoms with Gasteiger partial charge in [-0.25, -0.2) is 0 Å². The van der Waals surface area contributed by atoms with Gasteiger partial charge in [0.1, 0.15) is 0 Å². The van der Waals surface area contributed by atoms with E-state index in [-0.39, 0.29) is 5.78 Å². The summed E-state index contributed by atoms with van der Waals surface area (Å²) in [6.45, 7) is 15.8. The molecule has 0 amide bonds. The summed E-state index contributed by atoms with van der Waals surface area (Å²) in [5.41, 5.74) is 0.452. The zero-order valence-electron chi connectivity index (χ0n) is 18.5. The number of carbonyl (C=O) groups excluding carboxylic acids is 1. The first-order valence-electron chi connectivity index (χ1n) is 10.1. The van der Waals surface area contributed by atoms with Gasteiger partial charge in [0.05, 0.1) is 0 Å². The summed E-state index contributed by atoms with van der Waals surface area (Å²) in [6.07, 6.45) is 8.54. The van der Waals surface area contributed by atoms with Crippen molar-refractivity contribution in [2.75, 3.05) is 14.2 Å². The Bertz CT molecular complexity index is 408. The number of Topliss-reactive ketones (excluding diaryl/α,β-unsaturated/α-hetero) is 1. The predicted molar refractivity (Wildman–Crippen MR) is 117 cm³/mol. The molecule has 0 aromatic rings. The molecule has 1 N–H and O–H groups in total. The molecule has 4 heteroatoms. The zero-order valence-corrected chi connectivity index (χ0v) is 19.3. The van der Waals surface area contributed by atoms with Crippen molar-refractivity contribution < 1.29 is 9.53 Å². The van der Waals surface area contributed by atoms with Crippen LogP contribution in [0.1, 0.15) is 80.1 Å². The van der Waals surface area contributed by atoms with E-state index in [2.05, 4.69) is 46.6 Å². The fourth-order valence-corrected chi connectivity index (χ4v) is 4.81. The maximum Gasteiger partial charge on any atom is 0.172 e. The van der Waals surface area contributed by atoms with Crippen molar-refractivity contribution >= 4 is 17.5 Å².